The van der Waals surface area contributed by atoms with Gasteiger partial charge >= 0.3 is 0 Å². The molecule has 0 aromatic carbocycles. The van der Waals surface area contributed by atoms with E-state index < -0.39 is 0 Å². The first kappa shape index (κ1) is 22.0. The summed E-state index contributed by atoms with van der Waals surface area (Å²) in [5.41, 5.74) is 2.18. The molecule has 0 spiro atoms. The number of fused-ring (bicyclic) bond motifs is 1. The van der Waals surface area contributed by atoms with Gasteiger partial charge in [0.05, 0.1) is 6.54 Å². The maximum Gasteiger partial charge on any atom is 0.242 e. The van der Waals surface area contributed by atoms with Crippen molar-refractivity contribution in [1.82, 2.24) is 19.8 Å². The molecule has 170 valence electrons. The average molecular weight is 428 g/mol. The summed E-state index contributed by atoms with van der Waals surface area (Å²) in [5, 5.41) is 0. The number of likely N-dealkylation sites (tertiary alicyclic amines) is 1. The Morgan fingerprint density at radius 2 is 1.77 bits per heavy atom. The van der Waals surface area contributed by atoms with Gasteiger partial charge in [0.1, 0.15) is 0 Å². The fourth-order valence-electron chi connectivity index (χ4n) is 5.08. The van der Waals surface area contributed by atoms with Crippen LogP contribution in [0.5, 0.6) is 0 Å². The van der Waals surface area contributed by atoms with Gasteiger partial charge in [0.25, 0.3) is 0 Å². The fourth-order valence-corrected chi connectivity index (χ4v) is 5.08. The summed E-state index contributed by atoms with van der Waals surface area (Å²) < 4.78 is 0. The molecule has 3 heterocycles. The highest BCUT2D eigenvalue weighted by Gasteiger charge is 2.30. The summed E-state index contributed by atoms with van der Waals surface area (Å²) in [6, 6.07) is 0. The number of aromatic nitrogens is 2. The van der Waals surface area contributed by atoms with E-state index >= 15 is 0 Å². The van der Waals surface area contributed by atoms with Gasteiger partial charge < -0.3 is 14.7 Å². The zero-order valence-corrected chi connectivity index (χ0v) is 19.2. The van der Waals surface area contributed by atoms with Crippen molar-refractivity contribution in [1.29, 1.82) is 0 Å². The molecule has 2 aliphatic heterocycles. The molecular formula is C24H37N5O2. The predicted octanol–water partition coefficient (Wildman–Crippen LogP) is 2.68. The Bertz CT molecular complexity index is 782. The third-order valence-corrected chi connectivity index (χ3v) is 7.26. The van der Waals surface area contributed by atoms with Gasteiger partial charge in [-0.25, -0.2) is 9.97 Å². The molecule has 4 rings (SSSR count). The third-order valence-electron chi connectivity index (χ3n) is 7.26. The first-order valence-corrected chi connectivity index (χ1v) is 12.1. The van der Waals surface area contributed by atoms with Crippen molar-refractivity contribution >= 4 is 17.8 Å². The van der Waals surface area contributed by atoms with Crippen LogP contribution in [0.3, 0.4) is 0 Å². The molecule has 3 aliphatic rings. The number of carbonyl (C=O) groups excluding carboxylic acids is 2. The van der Waals surface area contributed by atoms with Crippen LogP contribution in [0.4, 0.5) is 5.95 Å². The number of hydrogen-bond donors (Lipinski definition) is 0. The summed E-state index contributed by atoms with van der Waals surface area (Å²) in [6.07, 6.45) is 11.1. The number of aryl methyl sites for hydroxylation is 1. The van der Waals surface area contributed by atoms with Crippen LogP contribution in [-0.2, 0) is 22.4 Å². The summed E-state index contributed by atoms with van der Waals surface area (Å²) in [6.45, 7) is 6.19. The van der Waals surface area contributed by atoms with E-state index in [2.05, 4.69) is 16.8 Å². The molecule has 7 nitrogen and oxygen atoms in total. The Kier molecular flexibility index (Phi) is 7.08. The van der Waals surface area contributed by atoms with Gasteiger partial charge in [-0.1, -0.05) is 19.8 Å². The first-order valence-electron chi connectivity index (χ1n) is 12.1. The molecule has 0 bridgehead atoms. The molecule has 0 unspecified atom stereocenters. The summed E-state index contributed by atoms with van der Waals surface area (Å²) >= 11 is 0. The second-order valence-electron chi connectivity index (χ2n) is 9.74. The minimum Gasteiger partial charge on any atom is -0.341 e. The molecule has 2 fully saturated rings. The lowest BCUT2D eigenvalue weighted by atomic mass is 9.86. The Morgan fingerprint density at radius 1 is 1.06 bits per heavy atom. The molecular weight excluding hydrogens is 390 g/mol. The monoisotopic (exact) mass is 427 g/mol. The highest BCUT2D eigenvalue weighted by atomic mass is 16.2. The Labute approximate surface area is 186 Å². The smallest absolute Gasteiger partial charge is 0.242 e. The SMILES string of the molecule is CC1CCN(c2ncc3c(n2)CC[C@@H](C(=O)N(C)CC(=O)N2CCCCCC2)C3)CC1. The van der Waals surface area contributed by atoms with Crippen molar-refractivity contribution in [2.45, 2.75) is 64.7 Å². The van der Waals surface area contributed by atoms with Crippen molar-refractivity contribution in [3.63, 3.8) is 0 Å². The quantitative estimate of drug-likeness (QED) is 0.739. The van der Waals surface area contributed by atoms with Gasteiger partial charge in [-0.05, 0) is 56.4 Å². The topological polar surface area (TPSA) is 69.6 Å². The van der Waals surface area contributed by atoms with Crippen LogP contribution in [0.25, 0.3) is 0 Å². The van der Waals surface area contributed by atoms with Crippen LogP contribution in [0.15, 0.2) is 6.20 Å². The molecule has 0 radical (unpaired) electrons. The summed E-state index contributed by atoms with van der Waals surface area (Å²) in [7, 11) is 1.77. The minimum atomic E-state index is -0.0836. The van der Waals surface area contributed by atoms with E-state index in [4.69, 9.17) is 4.98 Å². The molecule has 1 aromatic rings. The van der Waals surface area contributed by atoms with E-state index in [0.29, 0.717) is 6.42 Å². The van der Waals surface area contributed by atoms with Gasteiger partial charge in [0, 0.05) is 51.0 Å². The van der Waals surface area contributed by atoms with Crippen molar-refractivity contribution in [3.05, 3.63) is 17.5 Å². The lowest BCUT2D eigenvalue weighted by Crippen LogP contribution is -2.44. The predicted molar refractivity (Wildman–Crippen MR) is 121 cm³/mol. The summed E-state index contributed by atoms with van der Waals surface area (Å²) in [5.74, 6) is 1.69. The zero-order chi connectivity index (χ0) is 21.8. The first-order chi connectivity index (χ1) is 15.0. The maximum atomic E-state index is 13.0. The van der Waals surface area contributed by atoms with E-state index in [1.54, 1.807) is 11.9 Å². The van der Waals surface area contributed by atoms with Crippen molar-refractivity contribution < 1.29 is 9.59 Å². The number of amides is 2. The molecule has 0 N–H and O–H groups in total. The van der Waals surface area contributed by atoms with Crippen molar-refractivity contribution in [2.75, 3.05) is 44.7 Å². The standard InChI is InChI=1S/C24H37N5O2/c1-18-9-13-29(14-10-18)24-25-16-20-15-19(7-8-21(20)26-24)23(31)27(2)17-22(30)28-11-5-3-4-6-12-28/h16,18-19H,3-15,17H2,1-2H3/t19-/m1/s1. The van der Waals surface area contributed by atoms with Gasteiger partial charge in [0.2, 0.25) is 17.8 Å². The molecule has 7 heteroatoms. The second-order valence-corrected chi connectivity index (χ2v) is 9.74. The highest BCUT2D eigenvalue weighted by molar-refractivity contribution is 5.86. The van der Waals surface area contributed by atoms with Gasteiger partial charge in [-0.15, -0.1) is 0 Å². The van der Waals surface area contributed by atoms with Gasteiger partial charge in [-0.3, -0.25) is 9.59 Å². The van der Waals surface area contributed by atoms with E-state index in [9.17, 15) is 9.59 Å². The van der Waals surface area contributed by atoms with Crippen LogP contribution < -0.4 is 4.90 Å². The van der Waals surface area contributed by atoms with Crippen LogP contribution in [0.2, 0.25) is 0 Å². The number of likely N-dealkylation sites (N-methyl/N-ethyl adjacent to an activating group) is 1. The molecule has 1 aromatic heterocycles. The molecule has 2 amide bonds. The number of carbonyl (C=O) groups is 2. The fraction of sp³-hybridized carbons (Fsp3) is 0.750. The Balaban J connectivity index is 1.33. The number of anilines is 1. The van der Waals surface area contributed by atoms with Crippen molar-refractivity contribution in [3.8, 4) is 0 Å². The van der Waals surface area contributed by atoms with Crippen molar-refractivity contribution in [2.24, 2.45) is 11.8 Å². The van der Waals surface area contributed by atoms with E-state index in [0.717, 1.165) is 75.0 Å². The normalized spacial score (nSPS) is 22.6. The minimum absolute atomic E-state index is 0.0721. The molecule has 31 heavy (non-hydrogen) atoms. The maximum absolute atomic E-state index is 13.0. The number of nitrogens with zero attached hydrogens (tertiary/aromatic N) is 5. The molecule has 1 aliphatic carbocycles. The highest BCUT2D eigenvalue weighted by Crippen LogP contribution is 2.28. The van der Waals surface area contributed by atoms with E-state index in [1.807, 2.05) is 11.1 Å². The Hall–Kier alpha value is -2.18. The lowest BCUT2D eigenvalue weighted by Gasteiger charge is -2.32. The second kappa shape index (κ2) is 9.96. The number of hydrogen-bond acceptors (Lipinski definition) is 5. The van der Waals surface area contributed by atoms with Crippen LogP contribution in [-0.4, -0.2) is 71.4 Å². The van der Waals surface area contributed by atoms with Crippen LogP contribution in [0, 0.1) is 11.8 Å². The molecule has 0 saturated carbocycles. The van der Waals surface area contributed by atoms with Gasteiger partial charge in [-0.2, -0.15) is 0 Å². The lowest BCUT2D eigenvalue weighted by molar-refractivity contribution is -0.141. The van der Waals surface area contributed by atoms with Crippen LogP contribution in [0.1, 0.15) is 63.1 Å². The molecule has 2 saturated heterocycles. The number of piperidine rings is 1. The summed E-state index contributed by atoms with van der Waals surface area (Å²) in [4.78, 5) is 41.0. The third kappa shape index (κ3) is 5.36. The van der Waals surface area contributed by atoms with Crippen LogP contribution >= 0.6 is 0 Å². The van der Waals surface area contributed by atoms with E-state index in [-0.39, 0.29) is 24.3 Å². The number of rotatable bonds is 4. The molecule has 1 atom stereocenters. The Morgan fingerprint density at radius 3 is 2.48 bits per heavy atom. The average Bonchev–Trinajstić information content (AvgIpc) is 3.08. The van der Waals surface area contributed by atoms with E-state index in [1.165, 1.54) is 25.7 Å². The largest absolute Gasteiger partial charge is 0.341 e. The zero-order valence-electron chi connectivity index (χ0n) is 19.2. The van der Waals surface area contributed by atoms with Gasteiger partial charge in [0.15, 0.2) is 0 Å².